The lowest BCUT2D eigenvalue weighted by Crippen LogP contribution is -2.24. The molecule has 6 nitrogen and oxygen atoms in total. The van der Waals surface area contributed by atoms with Crippen molar-refractivity contribution in [3.63, 3.8) is 0 Å². The van der Waals surface area contributed by atoms with Crippen molar-refractivity contribution >= 4 is 44.3 Å². The Bertz CT molecular complexity index is 1150. The molecule has 30 heavy (non-hydrogen) atoms. The first-order valence-electron chi connectivity index (χ1n) is 10.1. The molecule has 0 bridgehead atoms. The summed E-state index contributed by atoms with van der Waals surface area (Å²) in [5.41, 5.74) is 2.34. The Morgan fingerprint density at radius 1 is 1.23 bits per heavy atom. The van der Waals surface area contributed by atoms with Crippen LogP contribution < -0.4 is 5.32 Å². The number of sulfone groups is 1. The summed E-state index contributed by atoms with van der Waals surface area (Å²) < 4.78 is 23.8. The van der Waals surface area contributed by atoms with Gasteiger partial charge in [0.2, 0.25) is 11.9 Å². The second-order valence-electron chi connectivity index (χ2n) is 7.99. The molecule has 1 fully saturated rings. The largest absolute Gasteiger partial charge is 0.324 e. The van der Waals surface area contributed by atoms with E-state index in [9.17, 15) is 13.2 Å². The minimum atomic E-state index is -3.43. The highest BCUT2D eigenvalue weighted by Gasteiger charge is 2.28. The van der Waals surface area contributed by atoms with Crippen LogP contribution in [0.25, 0.3) is 11.0 Å². The highest BCUT2D eigenvalue weighted by atomic mass is 35.5. The van der Waals surface area contributed by atoms with E-state index in [2.05, 4.69) is 15.3 Å². The molecular weight excluding hydrogens is 422 g/mol. The van der Waals surface area contributed by atoms with Crippen LogP contribution in [0, 0.1) is 5.92 Å². The Hall–Kier alpha value is -2.38. The van der Waals surface area contributed by atoms with Crippen molar-refractivity contribution < 1.29 is 13.2 Å². The molecule has 0 radical (unpaired) electrons. The maximum Gasteiger partial charge on any atom is 0.234 e. The summed E-state index contributed by atoms with van der Waals surface area (Å²) in [5.74, 6) is 0.248. The topological polar surface area (TPSA) is 91.9 Å². The third-order valence-corrected chi connectivity index (χ3v) is 7.33. The van der Waals surface area contributed by atoms with Crippen LogP contribution in [0.15, 0.2) is 47.4 Å². The molecule has 0 saturated heterocycles. The summed E-state index contributed by atoms with van der Waals surface area (Å²) in [7, 11) is -3.43. The average Bonchev–Trinajstić information content (AvgIpc) is 3.33. The molecule has 1 unspecified atom stereocenters. The van der Waals surface area contributed by atoms with E-state index in [1.54, 1.807) is 12.1 Å². The van der Waals surface area contributed by atoms with Crippen LogP contribution in [0.1, 0.15) is 43.6 Å². The number of carbonyl (C=O) groups excluding carboxylic acids is 1. The Labute approximate surface area is 181 Å². The van der Waals surface area contributed by atoms with Crippen LogP contribution in [0.5, 0.6) is 0 Å². The Morgan fingerprint density at radius 3 is 2.63 bits per heavy atom. The zero-order chi connectivity index (χ0) is 21.3. The maximum absolute atomic E-state index is 13.2. The number of rotatable bonds is 6. The first-order chi connectivity index (χ1) is 14.3. The number of aromatic nitrogens is 2. The minimum absolute atomic E-state index is 0.0743. The number of anilines is 1. The van der Waals surface area contributed by atoms with Crippen molar-refractivity contribution in [2.75, 3.05) is 11.6 Å². The first-order valence-corrected chi connectivity index (χ1v) is 12.3. The van der Waals surface area contributed by atoms with Crippen molar-refractivity contribution in [3.8, 4) is 0 Å². The predicted molar refractivity (Wildman–Crippen MR) is 119 cm³/mol. The molecule has 0 spiro atoms. The second-order valence-corrected chi connectivity index (χ2v) is 10.4. The van der Waals surface area contributed by atoms with Gasteiger partial charge in [-0.3, -0.25) is 10.1 Å². The van der Waals surface area contributed by atoms with Crippen LogP contribution in [-0.4, -0.2) is 30.5 Å². The number of benzene rings is 2. The fourth-order valence-corrected chi connectivity index (χ4v) is 5.56. The fourth-order valence-electron chi connectivity index (χ4n) is 4.22. The molecule has 4 rings (SSSR count). The summed E-state index contributed by atoms with van der Waals surface area (Å²) in [6.07, 6.45) is 6.37. The van der Waals surface area contributed by atoms with Gasteiger partial charge in [0.15, 0.2) is 9.84 Å². The fraction of sp³-hybridized carbons (Fsp3) is 0.364. The number of hydrogen-bond donors (Lipinski definition) is 2. The van der Waals surface area contributed by atoms with E-state index in [-0.39, 0.29) is 15.8 Å². The molecule has 1 atom stereocenters. The van der Waals surface area contributed by atoms with Crippen molar-refractivity contribution in [2.45, 2.75) is 42.9 Å². The van der Waals surface area contributed by atoms with Crippen LogP contribution in [0.2, 0.25) is 5.02 Å². The number of hydrogen-bond acceptors (Lipinski definition) is 4. The molecule has 1 aromatic heterocycles. The molecule has 2 aromatic carbocycles. The van der Waals surface area contributed by atoms with Crippen LogP contribution in [-0.2, 0) is 14.6 Å². The molecule has 158 valence electrons. The van der Waals surface area contributed by atoms with Crippen molar-refractivity contribution in [1.82, 2.24) is 9.97 Å². The van der Waals surface area contributed by atoms with E-state index >= 15 is 0 Å². The summed E-state index contributed by atoms with van der Waals surface area (Å²) in [6.45, 7) is 0. The Morgan fingerprint density at radius 2 is 1.97 bits per heavy atom. The van der Waals surface area contributed by atoms with E-state index in [1.807, 2.05) is 24.3 Å². The van der Waals surface area contributed by atoms with Gasteiger partial charge >= 0.3 is 0 Å². The minimum Gasteiger partial charge on any atom is -0.324 e. The second kappa shape index (κ2) is 8.40. The van der Waals surface area contributed by atoms with E-state index in [1.165, 1.54) is 18.9 Å². The standard InChI is InChI=1S/C22H24ClN3O3S/c1-30(28,29)20-11-10-15(13-17(20)23)16(12-14-6-2-3-7-14)21(27)26-22-24-18-8-4-5-9-19(18)25-22/h4-5,8-11,13-14,16H,2-3,6-7,12H2,1H3,(H2,24,25,26,27). The van der Waals surface area contributed by atoms with Gasteiger partial charge in [-0.15, -0.1) is 0 Å². The normalized spacial score (nSPS) is 16.1. The third-order valence-electron chi connectivity index (χ3n) is 5.75. The highest BCUT2D eigenvalue weighted by Crippen LogP contribution is 2.36. The summed E-state index contributed by atoms with van der Waals surface area (Å²) in [4.78, 5) is 20.9. The predicted octanol–water partition coefficient (Wildman–Crippen LogP) is 4.92. The van der Waals surface area contributed by atoms with Gasteiger partial charge in [-0.25, -0.2) is 13.4 Å². The average molecular weight is 446 g/mol. The molecule has 0 aliphatic heterocycles. The van der Waals surface area contributed by atoms with Gasteiger partial charge in [0.05, 0.1) is 26.9 Å². The summed E-state index contributed by atoms with van der Waals surface area (Å²) in [5, 5.41) is 3.04. The Kier molecular flexibility index (Phi) is 5.84. The van der Waals surface area contributed by atoms with Gasteiger partial charge in [-0.2, -0.15) is 0 Å². The molecule has 1 aliphatic rings. The number of aromatic amines is 1. The lowest BCUT2D eigenvalue weighted by atomic mass is 9.87. The quantitative estimate of drug-likeness (QED) is 0.563. The van der Waals surface area contributed by atoms with Gasteiger partial charge in [-0.05, 0) is 42.2 Å². The van der Waals surface area contributed by atoms with E-state index in [0.29, 0.717) is 23.9 Å². The molecule has 8 heteroatoms. The molecular formula is C22H24ClN3O3S. The van der Waals surface area contributed by atoms with Gasteiger partial charge < -0.3 is 4.98 Å². The van der Waals surface area contributed by atoms with E-state index in [4.69, 9.17) is 11.6 Å². The number of nitrogens with zero attached hydrogens (tertiary/aromatic N) is 1. The molecule has 1 saturated carbocycles. The molecule has 1 amide bonds. The highest BCUT2D eigenvalue weighted by molar-refractivity contribution is 7.90. The smallest absolute Gasteiger partial charge is 0.234 e. The lowest BCUT2D eigenvalue weighted by Gasteiger charge is -2.21. The molecule has 1 heterocycles. The zero-order valence-electron chi connectivity index (χ0n) is 16.7. The number of fused-ring (bicyclic) bond motifs is 1. The monoisotopic (exact) mass is 445 g/mol. The van der Waals surface area contributed by atoms with Gasteiger partial charge in [-0.1, -0.05) is 55.5 Å². The SMILES string of the molecule is CS(=O)(=O)c1ccc(C(CC2CCCC2)C(=O)Nc2nc3ccccc3[nH]2)cc1Cl. The van der Waals surface area contributed by atoms with Gasteiger partial charge in [0.1, 0.15) is 0 Å². The van der Waals surface area contributed by atoms with Gasteiger partial charge in [0, 0.05) is 6.26 Å². The number of imidazole rings is 1. The first kappa shape index (κ1) is 20.9. The molecule has 3 aromatic rings. The Balaban J connectivity index is 1.63. The van der Waals surface area contributed by atoms with Crippen LogP contribution in [0.4, 0.5) is 5.95 Å². The lowest BCUT2D eigenvalue weighted by molar-refractivity contribution is -0.118. The number of amides is 1. The molecule has 2 N–H and O–H groups in total. The van der Waals surface area contributed by atoms with E-state index in [0.717, 1.165) is 30.1 Å². The summed E-state index contributed by atoms with van der Waals surface area (Å²) in [6, 6.07) is 12.4. The third kappa shape index (κ3) is 4.52. The number of halogens is 1. The zero-order valence-corrected chi connectivity index (χ0v) is 18.3. The van der Waals surface area contributed by atoms with Crippen molar-refractivity contribution in [1.29, 1.82) is 0 Å². The number of carbonyl (C=O) groups is 1. The number of para-hydroxylation sites is 2. The number of nitrogens with one attached hydrogen (secondary N) is 2. The maximum atomic E-state index is 13.2. The van der Waals surface area contributed by atoms with E-state index < -0.39 is 15.8 Å². The summed E-state index contributed by atoms with van der Waals surface area (Å²) >= 11 is 6.26. The van der Waals surface area contributed by atoms with Crippen LogP contribution in [0.3, 0.4) is 0 Å². The van der Waals surface area contributed by atoms with Gasteiger partial charge in [0.25, 0.3) is 0 Å². The van der Waals surface area contributed by atoms with Crippen molar-refractivity contribution in [3.05, 3.63) is 53.1 Å². The molecule has 1 aliphatic carbocycles. The number of H-pyrrole nitrogens is 1. The van der Waals surface area contributed by atoms with Crippen molar-refractivity contribution in [2.24, 2.45) is 5.92 Å². The van der Waals surface area contributed by atoms with Crippen LogP contribution >= 0.6 is 11.6 Å².